The lowest BCUT2D eigenvalue weighted by Gasteiger charge is -2.21. The second-order valence-corrected chi connectivity index (χ2v) is 9.94. The quantitative estimate of drug-likeness (QED) is 0.0798. The third kappa shape index (κ3) is 21.8. The fourth-order valence-electron chi connectivity index (χ4n) is 4.02. The van der Waals surface area contributed by atoms with E-state index < -0.39 is 24.2 Å². The molecule has 0 radical (unpaired) electrons. The van der Waals surface area contributed by atoms with Gasteiger partial charge in [0.2, 0.25) is 5.91 Å². The molecule has 5 nitrogen and oxygen atoms in total. The van der Waals surface area contributed by atoms with E-state index in [4.69, 9.17) is 0 Å². The molecule has 0 bridgehead atoms. The summed E-state index contributed by atoms with van der Waals surface area (Å²) in [6.07, 6.45) is 30.3. The molecule has 36 heavy (non-hydrogen) atoms. The zero-order valence-electron chi connectivity index (χ0n) is 23.4. The van der Waals surface area contributed by atoms with E-state index in [0.29, 0.717) is 12.8 Å². The Morgan fingerprint density at radius 1 is 0.667 bits per heavy atom. The fraction of sp³-hybridized carbons (Fsp3) is 0.774. The van der Waals surface area contributed by atoms with E-state index in [9.17, 15) is 20.1 Å². The van der Waals surface area contributed by atoms with Crippen LogP contribution in [-0.2, 0) is 4.79 Å². The molecule has 0 aromatic rings. The monoisotopic (exact) mass is 507 g/mol. The van der Waals surface area contributed by atoms with E-state index in [0.717, 1.165) is 25.7 Å². The lowest BCUT2D eigenvalue weighted by atomic mass is 10.1. The van der Waals surface area contributed by atoms with Crippen molar-refractivity contribution in [2.45, 2.75) is 148 Å². The molecule has 0 aliphatic rings. The molecule has 0 aliphatic carbocycles. The molecular formula is C31H57NO4. The number of unbranched alkanes of at least 4 members (excludes halogenated alkanes) is 13. The highest BCUT2D eigenvalue weighted by atomic mass is 16.3. The number of carbonyl (C=O) groups is 1. The third-order valence-corrected chi connectivity index (χ3v) is 6.46. The minimum absolute atomic E-state index is 0.326. The van der Waals surface area contributed by atoms with Gasteiger partial charge in [-0.15, -0.1) is 0 Å². The molecule has 0 heterocycles. The van der Waals surface area contributed by atoms with E-state index in [1.54, 1.807) is 6.08 Å². The van der Waals surface area contributed by atoms with Crippen molar-refractivity contribution in [2.75, 3.05) is 6.61 Å². The van der Waals surface area contributed by atoms with Crippen molar-refractivity contribution < 1.29 is 20.1 Å². The third-order valence-electron chi connectivity index (χ3n) is 6.46. The van der Waals surface area contributed by atoms with Gasteiger partial charge in [0, 0.05) is 0 Å². The smallest absolute Gasteiger partial charge is 0.249 e. The van der Waals surface area contributed by atoms with Crippen LogP contribution in [0, 0.1) is 0 Å². The summed E-state index contributed by atoms with van der Waals surface area (Å²) in [5.74, 6) is -0.554. The highest BCUT2D eigenvalue weighted by Crippen LogP contribution is 2.10. The number of amides is 1. The van der Waals surface area contributed by atoms with Crippen molar-refractivity contribution >= 4 is 5.91 Å². The molecule has 0 saturated carbocycles. The van der Waals surface area contributed by atoms with E-state index in [-0.39, 0.29) is 6.61 Å². The summed E-state index contributed by atoms with van der Waals surface area (Å²) in [6, 6.07) is -0.824. The summed E-state index contributed by atoms with van der Waals surface area (Å²) in [7, 11) is 0. The lowest BCUT2D eigenvalue weighted by Crippen LogP contribution is -2.48. The Balaban J connectivity index is 3.95. The molecule has 0 aromatic heterocycles. The Kier molecular flexibility index (Phi) is 25.6. The molecule has 0 saturated heterocycles. The van der Waals surface area contributed by atoms with E-state index in [1.807, 2.05) is 12.2 Å². The van der Waals surface area contributed by atoms with Gasteiger partial charge >= 0.3 is 0 Å². The van der Waals surface area contributed by atoms with Crippen molar-refractivity contribution in [3.8, 4) is 0 Å². The first-order valence-corrected chi connectivity index (χ1v) is 14.8. The van der Waals surface area contributed by atoms with Crippen LogP contribution >= 0.6 is 0 Å². The molecule has 5 heteroatoms. The van der Waals surface area contributed by atoms with E-state index >= 15 is 0 Å². The topological polar surface area (TPSA) is 89.8 Å². The van der Waals surface area contributed by atoms with Gasteiger partial charge in [0.15, 0.2) is 0 Å². The van der Waals surface area contributed by atoms with Crippen molar-refractivity contribution in [3.05, 3.63) is 36.5 Å². The maximum absolute atomic E-state index is 12.2. The van der Waals surface area contributed by atoms with Crippen molar-refractivity contribution in [1.82, 2.24) is 5.32 Å². The van der Waals surface area contributed by atoms with Crippen molar-refractivity contribution in [2.24, 2.45) is 0 Å². The van der Waals surface area contributed by atoms with Gasteiger partial charge in [-0.25, -0.2) is 0 Å². The summed E-state index contributed by atoms with van der Waals surface area (Å²) in [5.41, 5.74) is 0. The second-order valence-electron chi connectivity index (χ2n) is 9.94. The number of rotatable bonds is 25. The average Bonchev–Trinajstić information content (AvgIpc) is 2.88. The van der Waals surface area contributed by atoms with Gasteiger partial charge in [-0.2, -0.15) is 0 Å². The Morgan fingerprint density at radius 2 is 1.14 bits per heavy atom. The summed E-state index contributed by atoms with van der Waals surface area (Å²) < 4.78 is 0. The summed E-state index contributed by atoms with van der Waals surface area (Å²) >= 11 is 0. The summed E-state index contributed by atoms with van der Waals surface area (Å²) in [5, 5.41) is 32.5. The summed E-state index contributed by atoms with van der Waals surface area (Å²) in [6.45, 7) is 4.05. The second kappa shape index (κ2) is 26.6. The highest BCUT2D eigenvalue weighted by Gasteiger charge is 2.22. The van der Waals surface area contributed by atoms with Crippen LogP contribution in [0.4, 0.5) is 0 Å². The van der Waals surface area contributed by atoms with Gasteiger partial charge in [0.05, 0.1) is 18.8 Å². The largest absolute Gasteiger partial charge is 0.394 e. The molecule has 0 fully saturated rings. The Bertz CT molecular complexity index is 573. The van der Waals surface area contributed by atoms with Gasteiger partial charge in [0.1, 0.15) is 6.10 Å². The molecule has 0 rings (SSSR count). The van der Waals surface area contributed by atoms with Crippen LogP contribution < -0.4 is 5.32 Å². The zero-order valence-corrected chi connectivity index (χ0v) is 23.4. The molecule has 1 amide bonds. The summed E-state index contributed by atoms with van der Waals surface area (Å²) in [4.78, 5) is 12.2. The van der Waals surface area contributed by atoms with E-state index in [1.165, 1.54) is 77.0 Å². The van der Waals surface area contributed by atoms with Crippen LogP contribution in [0.2, 0.25) is 0 Å². The van der Waals surface area contributed by atoms with Crippen LogP contribution in [-0.4, -0.2) is 46.1 Å². The number of allylic oxidation sites excluding steroid dienone is 5. The van der Waals surface area contributed by atoms with Gasteiger partial charge in [-0.05, 0) is 51.4 Å². The SMILES string of the molecule is CCCCCC/C=C\CCC(O)C(=O)NC(CO)C(O)/C=C/CC/C=C/CCCCCCCCCC. The first-order valence-electron chi connectivity index (χ1n) is 14.8. The molecule has 0 aromatic carbocycles. The van der Waals surface area contributed by atoms with Gasteiger partial charge in [-0.3, -0.25) is 4.79 Å². The van der Waals surface area contributed by atoms with Crippen LogP contribution in [0.5, 0.6) is 0 Å². The molecule has 4 N–H and O–H groups in total. The molecule has 0 aliphatic heterocycles. The number of carbonyl (C=O) groups excluding carboxylic acids is 1. The van der Waals surface area contributed by atoms with E-state index in [2.05, 4.69) is 37.4 Å². The number of hydrogen-bond donors (Lipinski definition) is 4. The number of aliphatic hydroxyl groups excluding tert-OH is 3. The van der Waals surface area contributed by atoms with Gasteiger partial charge in [0.25, 0.3) is 0 Å². The van der Waals surface area contributed by atoms with Crippen molar-refractivity contribution in [3.63, 3.8) is 0 Å². The van der Waals surface area contributed by atoms with Crippen LogP contribution in [0.15, 0.2) is 36.5 Å². The minimum atomic E-state index is -1.15. The first-order chi connectivity index (χ1) is 17.6. The average molecular weight is 508 g/mol. The van der Waals surface area contributed by atoms with Gasteiger partial charge in [-0.1, -0.05) is 115 Å². The first kappa shape index (κ1) is 34.6. The number of nitrogens with one attached hydrogen (secondary N) is 1. The Labute approximate surface area is 222 Å². The molecule has 210 valence electrons. The predicted octanol–water partition coefficient (Wildman–Crippen LogP) is 6.92. The molecular weight excluding hydrogens is 450 g/mol. The van der Waals surface area contributed by atoms with Crippen LogP contribution in [0.25, 0.3) is 0 Å². The molecule has 3 unspecified atom stereocenters. The molecule has 0 spiro atoms. The number of aliphatic hydroxyl groups is 3. The fourth-order valence-corrected chi connectivity index (χ4v) is 4.02. The van der Waals surface area contributed by atoms with Crippen molar-refractivity contribution in [1.29, 1.82) is 0 Å². The molecule has 3 atom stereocenters. The van der Waals surface area contributed by atoms with Gasteiger partial charge < -0.3 is 20.6 Å². The van der Waals surface area contributed by atoms with Crippen LogP contribution in [0.1, 0.15) is 129 Å². The van der Waals surface area contributed by atoms with Crippen LogP contribution in [0.3, 0.4) is 0 Å². The number of hydrogen-bond acceptors (Lipinski definition) is 4. The maximum atomic E-state index is 12.2. The normalized spacial score (nSPS) is 14.7. The highest BCUT2D eigenvalue weighted by molar-refractivity contribution is 5.80. The zero-order chi connectivity index (χ0) is 26.7. The standard InChI is InChI=1S/C31H57NO4/c1-3-5-7-9-11-13-14-15-16-17-18-20-21-23-25-29(34)28(27-33)32-31(36)30(35)26-24-22-19-12-10-8-6-4-2/h17-19,22-23,25,28-30,33-35H,3-16,20-21,24,26-27H2,1-2H3,(H,32,36)/b18-17+,22-19-,25-23+. The minimum Gasteiger partial charge on any atom is -0.394 e. The lowest BCUT2D eigenvalue weighted by molar-refractivity contribution is -0.131. The Hall–Kier alpha value is -1.43. The Morgan fingerprint density at radius 3 is 1.72 bits per heavy atom. The maximum Gasteiger partial charge on any atom is 0.249 e. The predicted molar refractivity (Wildman–Crippen MR) is 153 cm³/mol.